The van der Waals surface area contributed by atoms with E-state index in [0.29, 0.717) is 19.7 Å². The second-order valence-corrected chi connectivity index (χ2v) is 7.13. The van der Waals surface area contributed by atoms with Gasteiger partial charge in [-0.2, -0.15) is 0 Å². The van der Waals surface area contributed by atoms with Crippen LogP contribution in [-0.2, 0) is 6.54 Å². The Kier molecular flexibility index (Phi) is 11.3. The summed E-state index contributed by atoms with van der Waals surface area (Å²) in [6.07, 6.45) is 8.34. The fourth-order valence-corrected chi connectivity index (χ4v) is 3.43. The third-order valence-electron chi connectivity index (χ3n) is 4.92. The quantitative estimate of drug-likeness (QED) is 0.204. The summed E-state index contributed by atoms with van der Waals surface area (Å²) in [5.74, 6) is 3.07. The molecule has 2 N–H and O–H groups in total. The Labute approximate surface area is 202 Å². The zero-order valence-corrected chi connectivity index (χ0v) is 20.6. The monoisotopic (exact) mass is 540 g/mol. The van der Waals surface area contributed by atoms with Crippen molar-refractivity contribution in [1.29, 1.82) is 0 Å². The molecule has 0 radical (unpaired) electrons. The number of halogens is 1. The summed E-state index contributed by atoms with van der Waals surface area (Å²) in [5.41, 5.74) is 1.02. The van der Waals surface area contributed by atoms with E-state index in [0.717, 1.165) is 48.2 Å². The Morgan fingerprint density at radius 3 is 2.71 bits per heavy atom. The van der Waals surface area contributed by atoms with Crippen LogP contribution >= 0.6 is 24.0 Å². The van der Waals surface area contributed by atoms with Gasteiger partial charge in [-0.3, -0.25) is 4.98 Å². The largest absolute Gasteiger partial charge is 0.493 e. The number of rotatable bonds is 10. The third kappa shape index (κ3) is 8.08. The summed E-state index contributed by atoms with van der Waals surface area (Å²) in [4.78, 5) is 8.78. The molecule has 1 aliphatic rings. The Bertz CT molecular complexity index is 799. The molecule has 1 aromatic carbocycles. The van der Waals surface area contributed by atoms with Gasteiger partial charge in [0.25, 0.3) is 0 Å². The molecule has 0 bridgehead atoms. The van der Waals surface area contributed by atoms with Gasteiger partial charge in [-0.1, -0.05) is 12.1 Å². The van der Waals surface area contributed by atoms with Gasteiger partial charge >= 0.3 is 0 Å². The number of guanidine groups is 1. The highest BCUT2D eigenvalue weighted by atomic mass is 127. The Morgan fingerprint density at radius 1 is 1.16 bits per heavy atom. The Morgan fingerprint density at radius 2 is 2.00 bits per heavy atom. The summed E-state index contributed by atoms with van der Waals surface area (Å²) in [7, 11) is 1.68. The van der Waals surface area contributed by atoms with E-state index in [1.807, 2.05) is 37.3 Å². The maximum absolute atomic E-state index is 6.31. The number of ether oxygens (including phenoxy) is 3. The van der Waals surface area contributed by atoms with Crippen molar-refractivity contribution in [2.24, 2.45) is 4.99 Å². The number of aliphatic imine (C=N–C) groups is 1. The molecule has 2 aromatic rings. The normalized spacial score (nSPS) is 13.9. The number of pyridine rings is 1. The van der Waals surface area contributed by atoms with E-state index in [-0.39, 0.29) is 30.1 Å². The zero-order valence-electron chi connectivity index (χ0n) is 18.3. The maximum Gasteiger partial charge on any atom is 0.191 e. The number of nitrogens with zero attached hydrogens (tertiary/aromatic N) is 2. The lowest BCUT2D eigenvalue weighted by Crippen LogP contribution is -2.39. The lowest BCUT2D eigenvalue weighted by Gasteiger charge is -2.19. The molecule has 0 spiro atoms. The maximum atomic E-state index is 6.31. The summed E-state index contributed by atoms with van der Waals surface area (Å²) in [6.45, 7) is 4.47. The molecule has 1 aromatic heterocycles. The van der Waals surface area contributed by atoms with E-state index >= 15 is 0 Å². The van der Waals surface area contributed by atoms with Crippen molar-refractivity contribution in [3.8, 4) is 17.2 Å². The molecular formula is C23H33IN4O3. The number of para-hydroxylation sites is 1. The van der Waals surface area contributed by atoms with Crippen molar-refractivity contribution in [3.05, 3.63) is 48.3 Å². The van der Waals surface area contributed by atoms with Crippen molar-refractivity contribution in [3.63, 3.8) is 0 Å². The molecule has 7 nitrogen and oxygen atoms in total. The number of aromatic nitrogens is 1. The van der Waals surface area contributed by atoms with Gasteiger partial charge in [-0.15, -0.1) is 24.0 Å². The molecule has 1 heterocycles. The van der Waals surface area contributed by atoms with Crippen LogP contribution < -0.4 is 24.8 Å². The van der Waals surface area contributed by atoms with Gasteiger partial charge in [0.05, 0.1) is 32.5 Å². The molecular weight excluding hydrogens is 507 g/mol. The fourth-order valence-electron chi connectivity index (χ4n) is 3.43. The smallest absolute Gasteiger partial charge is 0.191 e. The molecule has 0 unspecified atom stereocenters. The predicted molar refractivity (Wildman–Crippen MR) is 134 cm³/mol. The topological polar surface area (TPSA) is 77.0 Å². The van der Waals surface area contributed by atoms with Crippen LogP contribution in [0.5, 0.6) is 17.2 Å². The molecule has 31 heavy (non-hydrogen) atoms. The second-order valence-electron chi connectivity index (χ2n) is 7.13. The molecule has 1 fully saturated rings. The van der Waals surface area contributed by atoms with Crippen LogP contribution in [0.4, 0.5) is 0 Å². The van der Waals surface area contributed by atoms with Gasteiger partial charge in [0.2, 0.25) is 0 Å². The van der Waals surface area contributed by atoms with Gasteiger partial charge in [0, 0.05) is 18.3 Å². The van der Waals surface area contributed by atoms with Gasteiger partial charge < -0.3 is 24.8 Å². The first-order valence-corrected chi connectivity index (χ1v) is 10.7. The van der Waals surface area contributed by atoms with E-state index < -0.39 is 0 Å². The van der Waals surface area contributed by atoms with E-state index in [9.17, 15) is 0 Å². The number of benzene rings is 1. The summed E-state index contributed by atoms with van der Waals surface area (Å²) >= 11 is 0. The summed E-state index contributed by atoms with van der Waals surface area (Å²) < 4.78 is 17.5. The van der Waals surface area contributed by atoms with Crippen LogP contribution in [0.15, 0.2) is 47.7 Å². The fraction of sp³-hybridized carbons (Fsp3) is 0.478. The average molecular weight is 540 g/mol. The standard InChI is InChI=1S/C23H32N4O3.HI/c1-3-25-23(26-14-15-29-20-11-7-13-24-17-20)27-16-18-8-6-12-21(28-2)22(18)30-19-9-4-5-10-19;/h6-8,11-13,17,19H,3-5,9-10,14-16H2,1-2H3,(H2,25,26,27);1H. The van der Waals surface area contributed by atoms with E-state index in [1.165, 1.54) is 12.8 Å². The molecule has 0 saturated heterocycles. The van der Waals surface area contributed by atoms with Crippen molar-refractivity contribution >= 4 is 29.9 Å². The molecule has 0 amide bonds. The van der Waals surface area contributed by atoms with Gasteiger partial charge in [0.1, 0.15) is 12.4 Å². The van der Waals surface area contributed by atoms with Gasteiger partial charge in [-0.25, -0.2) is 4.99 Å². The molecule has 3 rings (SSSR count). The summed E-state index contributed by atoms with van der Waals surface area (Å²) in [6, 6.07) is 9.71. The van der Waals surface area contributed by atoms with E-state index in [1.54, 1.807) is 19.5 Å². The minimum Gasteiger partial charge on any atom is -0.493 e. The lowest BCUT2D eigenvalue weighted by molar-refractivity contribution is 0.198. The Hall–Kier alpha value is -2.23. The number of nitrogens with one attached hydrogen (secondary N) is 2. The number of hydrogen-bond acceptors (Lipinski definition) is 5. The highest BCUT2D eigenvalue weighted by Gasteiger charge is 2.20. The minimum absolute atomic E-state index is 0. The highest BCUT2D eigenvalue weighted by molar-refractivity contribution is 14.0. The lowest BCUT2D eigenvalue weighted by atomic mass is 10.1. The second kappa shape index (κ2) is 14.0. The molecule has 0 atom stereocenters. The first kappa shape index (κ1) is 25.0. The van der Waals surface area contributed by atoms with Crippen molar-refractivity contribution in [1.82, 2.24) is 15.6 Å². The molecule has 1 aliphatic carbocycles. The van der Waals surface area contributed by atoms with Crippen molar-refractivity contribution in [2.75, 3.05) is 26.8 Å². The van der Waals surface area contributed by atoms with Crippen LogP contribution in [0.25, 0.3) is 0 Å². The van der Waals surface area contributed by atoms with Gasteiger partial charge in [-0.05, 0) is 50.8 Å². The van der Waals surface area contributed by atoms with Crippen LogP contribution in [0.1, 0.15) is 38.2 Å². The zero-order chi connectivity index (χ0) is 21.0. The van der Waals surface area contributed by atoms with E-state index in [4.69, 9.17) is 19.2 Å². The van der Waals surface area contributed by atoms with Gasteiger partial charge in [0.15, 0.2) is 17.5 Å². The average Bonchev–Trinajstić information content (AvgIpc) is 3.29. The first-order chi connectivity index (χ1) is 14.8. The van der Waals surface area contributed by atoms with Crippen LogP contribution in [0, 0.1) is 0 Å². The predicted octanol–water partition coefficient (Wildman–Crippen LogP) is 4.16. The van der Waals surface area contributed by atoms with Crippen LogP contribution in [-0.4, -0.2) is 43.9 Å². The van der Waals surface area contributed by atoms with E-state index in [2.05, 4.69) is 15.6 Å². The SMILES string of the molecule is CCNC(=NCc1cccc(OC)c1OC1CCCC1)NCCOc1cccnc1.I. The third-order valence-corrected chi connectivity index (χ3v) is 4.92. The van der Waals surface area contributed by atoms with Crippen molar-refractivity contribution < 1.29 is 14.2 Å². The number of hydrogen-bond donors (Lipinski definition) is 2. The molecule has 1 saturated carbocycles. The molecule has 8 heteroatoms. The van der Waals surface area contributed by atoms with Crippen LogP contribution in [0.3, 0.4) is 0 Å². The highest BCUT2D eigenvalue weighted by Crippen LogP contribution is 2.35. The Balaban J connectivity index is 0.00000341. The van der Waals surface area contributed by atoms with Crippen LogP contribution in [0.2, 0.25) is 0 Å². The molecule has 0 aliphatic heterocycles. The summed E-state index contributed by atoms with van der Waals surface area (Å²) in [5, 5.41) is 6.58. The first-order valence-electron chi connectivity index (χ1n) is 10.7. The number of methoxy groups -OCH3 is 1. The molecule has 170 valence electrons. The van der Waals surface area contributed by atoms with Crippen molar-refractivity contribution in [2.45, 2.75) is 45.3 Å². The minimum atomic E-state index is 0.